The van der Waals surface area contributed by atoms with Crippen LogP contribution in [-0.2, 0) is 9.53 Å². The van der Waals surface area contributed by atoms with Crippen LogP contribution >= 0.6 is 0 Å². The third-order valence-electron chi connectivity index (χ3n) is 6.67. The standard InChI is InChI=1S/C26H30N4O3/c1-16-8-9-19-20(15-16)28-24(23-17(2)5-3-6-21(23)31)29-25(19)30-12-10-18(11-13-30)27-26(32)22-7-4-14-33-22/h3,5-6,8-9,15,18,22,31H,4,7,10-14H2,1-2H3,(H,27,32)/t22-/m1/s1. The summed E-state index contributed by atoms with van der Waals surface area (Å²) in [6.07, 6.45) is 3.17. The van der Waals surface area contributed by atoms with Gasteiger partial charge in [-0.3, -0.25) is 4.79 Å². The SMILES string of the molecule is Cc1ccc2c(N3CCC(NC(=O)[C@H]4CCCO4)CC3)nc(-c3c(C)cccc3O)nc2c1. The van der Waals surface area contributed by atoms with Crippen molar-refractivity contribution in [3.05, 3.63) is 47.5 Å². The zero-order chi connectivity index (χ0) is 22.9. The van der Waals surface area contributed by atoms with E-state index in [4.69, 9.17) is 14.7 Å². The third kappa shape index (κ3) is 4.37. The van der Waals surface area contributed by atoms with E-state index in [2.05, 4.69) is 28.4 Å². The van der Waals surface area contributed by atoms with E-state index in [0.717, 1.165) is 66.6 Å². The number of anilines is 1. The maximum Gasteiger partial charge on any atom is 0.249 e. The zero-order valence-electron chi connectivity index (χ0n) is 19.2. The Balaban J connectivity index is 1.42. The molecule has 7 nitrogen and oxygen atoms in total. The summed E-state index contributed by atoms with van der Waals surface area (Å²) in [5.74, 6) is 1.61. The molecule has 2 aromatic carbocycles. The van der Waals surface area contributed by atoms with Crippen molar-refractivity contribution in [3.8, 4) is 17.1 Å². The smallest absolute Gasteiger partial charge is 0.249 e. The molecule has 1 atom stereocenters. The average molecular weight is 447 g/mol. The van der Waals surface area contributed by atoms with Crippen molar-refractivity contribution in [1.29, 1.82) is 0 Å². The number of carbonyl (C=O) groups is 1. The Hall–Kier alpha value is -3.19. The lowest BCUT2D eigenvalue weighted by atomic mass is 10.0. The molecule has 3 heterocycles. The molecule has 0 saturated carbocycles. The molecule has 0 aliphatic carbocycles. The molecule has 33 heavy (non-hydrogen) atoms. The molecule has 2 aliphatic heterocycles. The van der Waals surface area contributed by atoms with Crippen molar-refractivity contribution >= 4 is 22.6 Å². The van der Waals surface area contributed by atoms with E-state index in [1.54, 1.807) is 6.07 Å². The minimum absolute atomic E-state index is 0.0197. The quantitative estimate of drug-likeness (QED) is 0.632. The molecule has 2 N–H and O–H groups in total. The number of hydrogen-bond donors (Lipinski definition) is 2. The number of rotatable bonds is 4. The fourth-order valence-corrected chi connectivity index (χ4v) is 4.83. The number of aromatic nitrogens is 2. The van der Waals surface area contributed by atoms with Gasteiger partial charge in [0.2, 0.25) is 5.91 Å². The Morgan fingerprint density at radius 3 is 2.67 bits per heavy atom. The van der Waals surface area contributed by atoms with E-state index in [0.29, 0.717) is 18.0 Å². The lowest BCUT2D eigenvalue weighted by Crippen LogP contribution is -2.47. The van der Waals surface area contributed by atoms with Gasteiger partial charge in [-0.15, -0.1) is 0 Å². The first-order chi connectivity index (χ1) is 16.0. The van der Waals surface area contributed by atoms with E-state index < -0.39 is 0 Å². The number of ether oxygens (including phenoxy) is 1. The topological polar surface area (TPSA) is 87.6 Å². The first-order valence-electron chi connectivity index (χ1n) is 11.7. The highest BCUT2D eigenvalue weighted by Gasteiger charge is 2.28. The number of hydrogen-bond acceptors (Lipinski definition) is 6. The maximum atomic E-state index is 12.4. The molecule has 0 unspecified atom stereocenters. The normalized spacial score (nSPS) is 19.2. The van der Waals surface area contributed by atoms with Crippen molar-refractivity contribution in [3.63, 3.8) is 0 Å². The Labute approximate surface area is 193 Å². The van der Waals surface area contributed by atoms with E-state index >= 15 is 0 Å². The van der Waals surface area contributed by atoms with Crippen molar-refractivity contribution < 1.29 is 14.6 Å². The van der Waals surface area contributed by atoms with Crippen LogP contribution in [0, 0.1) is 13.8 Å². The largest absolute Gasteiger partial charge is 0.507 e. The highest BCUT2D eigenvalue weighted by atomic mass is 16.5. The van der Waals surface area contributed by atoms with Crippen molar-refractivity contribution in [2.75, 3.05) is 24.6 Å². The van der Waals surface area contributed by atoms with Crippen molar-refractivity contribution in [2.45, 2.75) is 51.7 Å². The van der Waals surface area contributed by atoms with Gasteiger partial charge in [0.15, 0.2) is 5.82 Å². The lowest BCUT2D eigenvalue weighted by molar-refractivity contribution is -0.130. The Morgan fingerprint density at radius 1 is 1.12 bits per heavy atom. The fraction of sp³-hybridized carbons (Fsp3) is 0.423. The van der Waals surface area contributed by atoms with Crippen LogP contribution < -0.4 is 10.2 Å². The zero-order valence-corrected chi connectivity index (χ0v) is 19.2. The number of piperidine rings is 1. The molecule has 1 amide bonds. The third-order valence-corrected chi connectivity index (χ3v) is 6.67. The molecule has 1 aromatic heterocycles. The summed E-state index contributed by atoms with van der Waals surface area (Å²) >= 11 is 0. The number of phenols is 1. The van der Waals surface area contributed by atoms with E-state index in [-0.39, 0.29) is 23.8 Å². The van der Waals surface area contributed by atoms with Crippen LogP contribution in [0.15, 0.2) is 36.4 Å². The van der Waals surface area contributed by atoms with Gasteiger partial charge in [0.05, 0.1) is 11.1 Å². The molecule has 2 aliphatic rings. The first-order valence-corrected chi connectivity index (χ1v) is 11.7. The average Bonchev–Trinajstić information content (AvgIpc) is 3.34. The van der Waals surface area contributed by atoms with Crippen LogP contribution in [-0.4, -0.2) is 52.8 Å². The van der Waals surface area contributed by atoms with Crippen LogP contribution in [0.5, 0.6) is 5.75 Å². The highest BCUT2D eigenvalue weighted by Crippen LogP contribution is 2.34. The number of aryl methyl sites for hydroxylation is 2. The van der Waals surface area contributed by atoms with E-state index in [9.17, 15) is 9.90 Å². The van der Waals surface area contributed by atoms with Crippen LogP contribution in [0.1, 0.15) is 36.8 Å². The van der Waals surface area contributed by atoms with E-state index in [1.807, 2.05) is 26.0 Å². The summed E-state index contributed by atoms with van der Waals surface area (Å²) in [4.78, 5) is 24.5. The predicted molar refractivity (Wildman–Crippen MR) is 128 cm³/mol. The summed E-state index contributed by atoms with van der Waals surface area (Å²) in [5.41, 5.74) is 3.60. The second-order valence-electron chi connectivity index (χ2n) is 9.13. The Morgan fingerprint density at radius 2 is 1.94 bits per heavy atom. The van der Waals surface area contributed by atoms with Gasteiger partial charge in [-0.25, -0.2) is 9.97 Å². The van der Waals surface area contributed by atoms with Gasteiger partial charge in [-0.1, -0.05) is 18.2 Å². The van der Waals surface area contributed by atoms with Gasteiger partial charge in [-0.05, 0) is 68.9 Å². The summed E-state index contributed by atoms with van der Waals surface area (Å²) in [6.45, 7) is 6.26. The van der Waals surface area contributed by atoms with Gasteiger partial charge < -0.3 is 20.1 Å². The second-order valence-corrected chi connectivity index (χ2v) is 9.13. The fourth-order valence-electron chi connectivity index (χ4n) is 4.83. The highest BCUT2D eigenvalue weighted by molar-refractivity contribution is 5.92. The van der Waals surface area contributed by atoms with Gasteiger partial charge in [0, 0.05) is 31.1 Å². The van der Waals surface area contributed by atoms with Crippen LogP contribution in [0.4, 0.5) is 5.82 Å². The molecule has 3 aromatic rings. The molecule has 172 valence electrons. The molecular formula is C26H30N4O3. The molecule has 7 heteroatoms. The van der Waals surface area contributed by atoms with Crippen LogP contribution in [0.25, 0.3) is 22.3 Å². The molecule has 0 radical (unpaired) electrons. The number of amides is 1. The molecule has 0 spiro atoms. The molecular weight excluding hydrogens is 416 g/mol. The summed E-state index contributed by atoms with van der Waals surface area (Å²) in [5, 5.41) is 14.7. The number of phenolic OH excluding ortho intramolecular Hbond substituents is 1. The Bertz CT molecular complexity index is 1160. The number of aromatic hydroxyl groups is 1. The van der Waals surface area contributed by atoms with Gasteiger partial charge in [-0.2, -0.15) is 0 Å². The van der Waals surface area contributed by atoms with Crippen molar-refractivity contribution in [2.24, 2.45) is 0 Å². The molecule has 2 fully saturated rings. The van der Waals surface area contributed by atoms with E-state index in [1.165, 1.54) is 0 Å². The molecule has 0 bridgehead atoms. The van der Waals surface area contributed by atoms with Crippen molar-refractivity contribution in [1.82, 2.24) is 15.3 Å². The molecule has 5 rings (SSSR count). The lowest BCUT2D eigenvalue weighted by Gasteiger charge is -2.34. The van der Waals surface area contributed by atoms with Gasteiger partial charge >= 0.3 is 0 Å². The number of carbonyl (C=O) groups excluding carboxylic acids is 1. The van der Waals surface area contributed by atoms with Crippen LogP contribution in [0.2, 0.25) is 0 Å². The van der Waals surface area contributed by atoms with Crippen LogP contribution in [0.3, 0.4) is 0 Å². The summed E-state index contributed by atoms with van der Waals surface area (Å²) in [6, 6.07) is 11.8. The Kier molecular flexibility index (Phi) is 5.89. The van der Waals surface area contributed by atoms with Gasteiger partial charge in [0.25, 0.3) is 0 Å². The predicted octanol–water partition coefficient (Wildman–Crippen LogP) is 3.88. The minimum atomic E-state index is -0.290. The number of fused-ring (bicyclic) bond motifs is 1. The minimum Gasteiger partial charge on any atom is -0.507 e. The second kappa shape index (κ2) is 8.98. The summed E-state index contributed by atoms with van der Waals surface area (Å²) < 4.78 is 5.52. The number of benzene rings is 2. The first kappa shape index (κ1) is 21.6. The maximum absolute atomic E-state index is 12.4. The number of nitrogens with one attached hydrogen (secondary N) is 1. The number of nitrogens with zero attached hydrogens (tertiary/aromatic N) is 3. The summed E-state index contributed by atoms with van der Waals surface area (Å²) in [7, 11) is 0. The molecule has 2 saturated heterocycles. The van der Waals surface area contributed by atoms with Gasteiger partial charge in [0.1, 0.15) is 17.7 Å². The monoisotopic (exact) mass is 446 g/mol.